The summed E-state index contributed by atoms with van der Waals surface area (Å²) < 4.78 is 5.49. The predicted octanol–water partition coefficient (Wildman–Crippen LogP) is 2.73. The van der Waals surface area contributed by atoms with Gasteiger partial charge in [-0.3, -0.25) is 9.59 Å². The molecule has 2 N–H and O–H groups in total. The van der Waals surface area contributed by atoms with Gasteiger partial charge in [-0.1, -0.05) is 0 Å². The van der Waals surface area contributed by atoms with Crippen LogP contribution in [0.2, 0.25) is 0 Å². The summed E-state index contributed by atoms with van der Waals surface area (Å²) >= 11 is 0. The number of fused-ring (bicyclic) bond motifs is 1. The summed E-state index contributed by atoms with van der Waals surface area (Å²) in [5.41, 5.74) is 2.74. The monoisotopic (exact) mass is 325 g/mol. The summed E-state index contributed by atoms with van der Waals surface area (Å²) in [6, 6.07) is 12.6. The number of ether oxygens (including phenoxy) is 1. The zero-order valence-electron chi connectivity index (χ0n) is 13.6. The van der Waals surface area contributed by atoms with Crippen molar-refractivity contribution >= 4 is 28.9 Å². The largest absolute Gasteiger partial charge is 0.491 e. The van der Waals surface area contributed by atoms with E-state index in [4.69, 9.17) is 4.74 Å². The first-order valence-electron chi connectivity index (χ1n) is 7.68. The number of benzene rings is 2. The highest BCUT2D eigenvalue weighted by atomic mass is 16.5. The van der Waals surface area contributed by atoms with Crippen molar-refractivity contribution in [2.75, 3.05) is 36.2 Å². The van der Waals surface area contributed by atoms with Crippen LogP contribution in [0.15, 0.2) is 42.5 Å². The number of rotatable bonds is 3. The second-order valence-corrected chi connectivity index (χ2v) is 5.75. The van der Waals surface area contributed by atoms with Gasteiger partial charge < -0.3 is 20.3 Å². The Morgan fingerprint density at radius 2 is 1.92 bits per heavy atom. The van der Waals surface area contributed by atoms with E-state index in [2.05, 4.69) is 10.6 Å². The van der Waals surface area contributed by atoms with Crippen molar-refractivity contribution in [3.63, 3.8) is 0 Å². The van der Waals surface area contributed by atoms with Gasteiger partial charge in [-0.05, 0) is 42.5 Å². The maximum atomic E-state index is 12.4. The van der Waals surface area contributed by atoms with Crippen LogP contribution in [0.25, 0.3) is 0 Å². The van der Waals surface area contributed by atoms with E-state index in [9.17, 15) is 9.59 Å². The van der Waals surface area contributed by atoms with Crippen molar-refractivity contribution in [3.8, 4) is 5.75 Å². The number of anilines is 3. The number of hydrogen-bond acceptors (Lipinski definition) is 4. The molecule has 6 nitrogen and oxygen atoms in total. The number of carbonyl (C=O) groups is 2. The molecule has 124 valence electrons. The van der Waals surface area contributed by atoms with Crippen LogP contribution in [-0.4, -0.2) is 32.5 Å². The Balaban J connectivity index is 1.76. The van der Waals surface area contributed by atoms with Crippen LogP contribution in [0.5, 0.6) is 5.75 Å². The van der Waals surface area contributed by atoms with Crippen LogP contribution < -0.4 is 20.3 Å². The van der Waals surface area contributed by atoms with Crippen LogP contribution in [0.3, 0.4) is 0 Å². The number of amides is 2. The minimum absolute atomic E-state index is 0.120. The molecule has 0 bridgehead atoms. The Morgan fingerprint density at radius 3 is 2.62 bits per heavy atom. The number of nitrogens with one attached hydrogen (secondary N) is 2. The second kappa shape index (κ2) is 6.62. The molecule has 0 fully saturated rings. The molecule has 3 rings (SSSR count). The summed E-state index contributed by atoms with van der Waals surface area (Å²) in [7, 11) is 3.92. The molecule has 0 spiro atoms. The van der Waals surface area contributed by atoms with E-state index >= 15 is 0 Å². The molecule has 0 atom stereocenters. The number of carbonyl (C=O) groups excluding carboxylic acids is 2. The quantitative estimate of drug-likeness (QED) is 0.910. The molecule has 0 unspecified atom stereocenters. The van der Waals surface area contributed by atoms with Gasteiger partial charge in [-0.25, -0.2) is 0 Å². The zero-order valence-corrected chi connectivity index (χ0v) is 13.6. The van der Waals surface area contributed by atoms with Crippen molar-refractivity contribution in [1.29, 1.82) is 0 Å². The SMILES string of the molecule is CN(C)c1ccc(NC(=O)c2ccc3c(c2)NC(=O)CCO3)cc1. The standard InChI is InChI=1S/C18H19N3O3/c1-21(2)14-6-4-13(5-7-14)19-18(23)12-3-8-16-15(11-12)20-17(22)9-10-24-16/h3-8,11H,9-10H2,1-2H3,(H,19,23)(H,20,22). The Labute approximate surface area is 140 Å². The first-order chi connectivity index (χ1) is 11.5. The minimum atomic E-state index is -0.242. The number of nitrogens with zero attached hydrogens (tertiary/aromatic N) is 1. The summed E-state index contributed by atoms with van der Waals surface area (Å²) in [6.07, 6.45) is 0.300. The minimum Gasteiger partial charge on any atom is -0.491 e. The third kappa shape index (κ3) is 3.48. The third-order valence-corrected chi connectivity index (χ3v) is 3.74. The van der Waals surface area contributed by atoms with Gasteiger partial charge in [0.15, 0.2) is 0 Å². The van der Waals surface area contributed by atoms with Gasteiger partial charge in [0.05, 0.1) is 18.7 Å². The molecule has 0 saturated carbocycles. The smallest absolute Gasteiger partial charge is 0.255 e. The normalized spacial score (nSPS) is 13.2. The fourth-order valence-corrected chi connectivity index (χ4v) is 2.41. The average Bonchev–Trinajstić information content (AvgIpc) is 2.75. The van der Waals surface area contributed by atoms with E-state index in [1.807, 2.05) is 43.3 Å². The first-order valence-corrected chi connectivity index (χ1v) is 7.68. The Kier molecular flexibility index (Phi) is 4.37. The van der Waals surface area contributed by atoms with E-state index in [1.54, 1.807) is 18.2 Å². The second-order valence-electron chi connectivity index (χ2n) is 5.75. The van der Waals surface area contributed by atoms with Crippen molar-refractivity contribution in [1.82, 2.24) is 0 Å². The van der Waals surface area contributed by atoms with Crippen molar-refractivity contribution in [3.05, 3.63) is 48.0 Å². The van der Waals surface area contributed by atoms with Gasteiger partial charge in [0.2, 0.25) is 5.91 Å². The first kappa shape index (κ1) is 15.9. The van der Waals surface area contributed by atoms with E-state index in [0.29, 0.717) is 35.7 Å². The fourth-order valence-electron chi connectivity index (χ4n) is 2.41. The van der Waals surface area contributed by atoms with Crippen molar-refractivity contribution in [2.45, 2.75) is 6.42 Å². The van der Waals surface area contributed by atoms with Gasteiger partial charge >= 0.3 is 0 Å². The lowest BCUT2D eigenvalue weighted by Gasteiger charge is -2.13. The van der Waals surface area contributed by atoms with Crippen LogP contribution in [0.1, 0.15) is 16.8 Å². The number of hydrogen-bond donors (Lipinski definition) is 2. The van der Waals surface area contributed by atoms with E-state index < -0.39 is 0 Å². The van der Waals surface area contributed by atoms with Gasteiger partial charge in [0.1, 0.15) is 5.75 Å². The highest BCUT2D eigenvalue weighted by Gasteiger charge is 2.16. The summed E-state index contributed by atoms with van der Waals surface area (Å²) in [5, 5.41) is 5.60. The fraction of sp³-hybridized carbons (Fsp3) is 0.222. The summed E-state index contributed by atoms with van der Waals surface area (Å²) in [4.78, 5) is 26.0. The lowest BCUT2D eigenvalue weighted by Crippen LogP contribution is -2.14. The molecule has 24 heavy (non-hydrogen) atoms. The molecule has 0 saturated heterocycles. The molecule has 0 aliphatic carbocycles. The lowest BCUT2D eigenvalue weighted by atomic mass is 10.1. The van der Waals surface area contributed by atoms with Crippen LogP contribution in [0, 0.1) is 0 Å². The van der Waals surface area contributed by atoms with Gasteiger partial charge in [0, 0.05) is 31.0 Å². The van der Waals surface area contributed by atoms with E-state index in [1.165, 1.54) is 0 Å². The van der Waals surface area contributed by atoms with Crippen molar-refractivity contribution < 1.29 is 14.3 Å². The van der Waals surface area contributed by atoms with Gasteiger partial charge in [-0.2, -0.15) is 0 Å². The molecular weight excluding hydrogens is 306 g/mol. The maximum Gasteiger partial charge on any atom is 0.255 e. The summed E-state index contributed by atoms with van der Waals surface area (Å²) in [6.45, 7) is 0.336. The molecule has 2 amide bonds. The van der Waals surface area contributed by atoms with Crippen LogP contribution >= 0.6 is 0 Å². The topological polar surface area (TPSA) is 70.7 Å². The lowest BCUT2D eigenvalue weighted by molar-refractivity contribution is -0.116. The maximum absolute atomic E-state index is 12.4. The summed E-state index contributed by atoms with van der Waals surface area (Å²) in [5.74, 6) is 0.215. The van der Waals surface area contributed by atoms with Crippen LogP contribution in [0.4, 0.5) is 17.1 Å². The molecule has 2 aromatic carbocycles. The predicted molar refractivity (Wildman–Crippen MR) is 93.9 cm³/mol. The third-order valence-electron chi connectivity index (χ3n) is 3.74. The van der Waals surface area contributed by atoms with E-state index in [0.717, 1.165) is 5.69 Å². The highest BCUT2D eigenvalue weighted by Crippen LogP contribution is 2.28. The molecule has 1 heterocycles. The Hall–Kier alpha value is -3.02. The molecule has 2 aromatic rings. The zero-order chi connectivity index (χ0) is 17.1. The van der Waals surface area contributed by atoms with Crippen LogP contribution in [-0.2, 0) is 4.79 Å². The Morgan fingerprint density at radius 1 is 1.17 bits per heavy atom. The van der Waals surface area contributed by atoms with E-state index in [-0.39, 0.29) is 11.8 Å². The van der Waals surface area contributed by atoms with Gasteiger partial charge in [0.25, 0.3) is 5.91 Å². The molecule has 1 aliphatic rings. The molecule has 6 heteroatoms. The molecule has 0 aromatic heterocycles. The molecular formula is C18H19N3O3. The Bertz CT molecular complexity index is 770. The molecule has 1 aliphatic heterocycles. The highest BCUT2D eigenvalue weighted by molar-refractivity contribution is 6.06. The van der Waals surface area contributed by atoms with Crippen molar-refractivity contribution in [2.24, 2.45) is 0 Å². The average molecular weight is 325 g/mol. The van der Waals surface area contributed by atoms with Gasteiger partial charge in [-0.15, -0.1) is 0 Å². The molecule has 0 radical (unpaired) electrons.